The second-order valence-electron chi connectivity index (χ2n) is 6.22. The molecule has 5 rings (SSSR count). The number of aromatic amines is 1. The average Bonchev–Trinajstić information content (AvgIpc) is 3.16. The summed E-state index contributed by atoms with van der Waals surface area (Å²) in [6.07, 6.45) is 1.71. The van der Waals surface area contributed by atoms with Crippen LogP contribution in [0.3, 0.4) is 0 Å². The summed E-state index contributed by atoms with van der Waals surface area (Å²) in [5, 5.41) is 11.0. The van der Waals surface area contributed by atoms with E-state index in [1.807, 2.05) is 60.7 Å². The lowest BCUT2D eigenvalue weighted by atomic mass is 9.94. The predicted octanol–water partition coefficient (Wildman–Crippen LogP) is 4.19. The van der Waals surface area contributed by atoms with Gasteiger partial charge in [0.2, 0.25) is 0 Å². The summed E-state index contributed by atoms with van der Waals surface area (Å²) in [6, 6.07) is 20.9. The number of amides is 1. The van der Waals surface area contributed by atoms with Crippen LogP contribution >= 0.6 is 0 Å². The SMILES string of the molecule is O=C(NC1c2ccccc2Oc2ccccc21)c1cccc2cn[nH]c12. The molecule has 1 aromatic heterocycles. The molecule has 2 N–H and O–H groups in total. The minimum absolute atomic E-state index is 0.156. The van der Waals surface area contributed by atoms with Gasteiger partial charge in [0.1, 0.15) is 11.5 Å². The Morgan fingerprint density at radius 3 is 2.35 bits per heavy atom. The fraction of sp³-hybridized carbons (Fsp3) is 0.0476. The average molecular weight is 341 g/mol. The van der Waals surface area contributed by atoms with Gasteiger partial charge in [-0.1, -0.05) is 48.5 Å². The van der Waals surface area contributed by atoms with E-state index in [1.165, 1.54) is 0 Å². The van der Waals surface area contributed by atoms with Crippen LogP contribution in [0.1, 0.15) is 27.5 Å². The van der Waals surface area contributed by atoms with Crippen molar-refractivity contribution >= 4 is 16.8 Å². The minimum atomic E-state index is -0.276. The van der Waals surface area contributed by atoms with Crippen molar-refractivity contribution in [2.45, 2.75) is 6.04 Å². The number of H-pyrrole nitrogens is 1. The van der Waals surface area contributed by atoms with Crippen LogP contribution in [0.4, 0.5) is 0 Å². The molecule has 126 valence electrons. The van der Waals surface area contributed by atoms with Crippen LogP contribution in [0.25, 0.3) is 10.9 Å². The molecule has 0 aliphatic carbocycles. The molecule has 0 spiro atoms. The number of nitrogens with zero attached hydrogens (tertiary/aromatic N) is 1. The molecule has 0 saturated carbocycles. The Bertz CT molecular complexity index is 1090. The normalized spacial score (nSPS) is 12.9. The van der Waals surface area contributed by atoms with Crippen LogP contribution in [-0.2, 0) is 0 Å². The van der Waals surface area contributed by atoms with Crippen LogP contribution < -0.4 is 10.1 Å². The Labute approximate surface area is 149 Å². The van der Waals surface area contributed by atoms with E-state index in [1.54, 1.807) is 12.3 Å². The van der Waals surface area contributed by atoms with Gasteiger partial charge in [0.15, 0.2) is 0 Å². The molecule has 5 heteroatoms. The van der Waals surface area contributed by atoms with E-state index in [0.29, 0.717) is 5.56 Å². The Morgan fingerprint density at radius 1 is 0.923 bits per heavy atom. The molecule has 26 heavy (non-hydrogen) atoms. The van der Waals surface area contributed by atoms with Crippen molar-refractivity contribution in [3.8, 4) is 11.5 Å². The number of aromatic nitrogens is 2. The number of para-hydroxylation sites is 3. The zero-order chi connectivity index (χ0) is 17.5. The molecule has 0 atom stereocenters. The Morgan fingerprint density at radius 2 is 1.62 bits per heavy atom. The largest absolute Gasteiger partial charge is 0.457 e. The van der Waals surface area contributed by atoms with Gasteiger partial charge in [0, 0.05) is 16.5 Å². The third kappa shape index (κ3) is 2.25. The van der Waals surface area contributed by atoms with E-state index in [2.05, 4.69) is 15.5 Å². The van der Waals surface area contributed by atoms with Gasteiger partial charge in [-0.3, -0.25) is 9.89 Å². The molecule has 0 bridgehead atoms. The fourth-order valence-corrected chi connectivity index (χ4v) is 3.43. The number of nitrogens with one attached hydrogen (secondary N) is 2. The van der Waals surface area contributed by atoms with E-state index in [-0.39, 0.29) is 11.9 Å². The van der Waals surface area contributed by atoms with Crippen molar-refractivity contribution < 1.29 is 9.53 Å². The Hall–Kier alpha value is -3.60. The molecule has 0 unspecified atom stereocenters. The van der Waals surface area contributed by atoms with Crippen molar-refractivity contribution in [3.05, 3.63) is 89.6 Å². The molecule has 0 radical (unpaired) electrons. The second kappa shape index (κ2) is 5.74. The summed E-state index contributed by atoms with van der Waals surface area (Å²) in [5.74, 6) is 1.36. The first-order valence-corrected chi connectivity index (χ1v) is 8.40. The van der Waals surface area contributed by atoms with Crippen LogP contribution in [0.5, 0.6) is 11.5 Å². The number of rotatable bonds is 2. The van der Waals surface area contributed by atoms with Crippen LogP contribution in [0.2, 0.25) is 0 Å². The highest BCUT2D eigenvalue weighted by Crippen LogP contribution is 2.42. The van der Waals surface area contributed by atoms with Gasteiger partial charge in [0.25, 0.3) is 5.91 Å². The molecule has 3 aromatic carbocycles. The first-order chi connectivity index (χ1) is 12.8. The smallest absolute Gasteiger partial charge is 0.254 e. The van der Waals surface area contributed by atoms with Crippen molar-refractivity contribution in [2.75, 3.05) is 0 Å². The number of benzene rings is 3. The van der Waals surface area contributed by atoms with Crippen LogP contribution in [0, 0.1) is 0 Å². The Balaban J connectivity index is 1.58. The van der Waals surface area contributed by atoms with Gasteiger partial charge >= 0.3 is 0 Å². The van der Waals surface area contributed by atoms with Crippen molar-refractivity contribution in [1.82, 2.24) is 15.5 Å². The van der Waals surface area contributed by atoms with Gasteiger partial charge in [-0.2, -0.15) is 5.10 Å². The molecule has 1 aliphatic rings. The van der Waals surface area contributed by atoms with Gasteiger partial charge < -0.3 is 10.1 Å². The molecule has 0 fully saturated rings. The monoisotopic (exact) mass is 341 g/mol. The lowest BCUT2D eigenvalue weighted by Gasteiger charge is -2.28. The van der Waals surface area contributed by atoms with Crippen LogP contribution in [0.15, 0.2) is 72.9 Å². The maximum absolute atomic E-state index is 13.0. The molecule has 1 amide bonds. The molecule has 4 aromatic rings. The van der Waals surface area contributed by atoms with Gasteiger partial charge in [-0.25, -0.2) is 0 Å². The third-order valence-electron chi connectivity index (χ3n) is 4.68. The minimum Gasteiger partial charge on any atom is -0.457 e. The van der Waals surface area contributed by atoms with E-state index in [9.17, 15) is 4.79 Å². The second-order valence-corrected chi connectivity index (χ2v) is 6.22. The topological polar surface area (TPSA) is 67.0 Å². The number of carbonyl (C=O) groups excluding carboxylic acids is 1. The molecular weight excluding hydrogens is 326 g/mol. The highest BCUT2D eigenvalue weighted by atomic mass is 16.5. The van der Waals surface area contributed by atoms with E-state index >= 15 is 0 Å². The summed E-state index contributed by atoms with van der Waals surface area (Å²) in [6.45, 7) is 0. The summed E-state index contributed by atoms with van der Waals surface area (Å²) in [4.78, 5) is 13.0. The van der Waals surface area contributed by atoms with Crippen LogP contribution in [-0.4, -0.2) is 16.1 Å². The summed E-state index contributed by atoms with van der Waals surface area (Å²) in [7, 11) is 0. The number of ether oxygens (including phenoxy) is 1. The van der Waals surface area contributed by atoms with Gasteiger partial charge in [-0.05, 0) is 18.2 Å². The molecular formula is C21H15N3O2. The zero-order valence-corrected chi connectivity index (χ0v) is 13.8. The van der Waals surface area contributed by atoms with Crippen molar-refractivity contribution in [2.24, 2.45) is 0 Å². The zero-order valence-electron chi connectivity index (χ0n) is 13.8. The standard InChI is InChI=1S/C21H15N3O2/c25-21(16-9-5-6-13-12-22-24-19(13)16)23-20-14-7-1-3-10-17(14)26-18-11-4-2-8-15(18)20/h1-12,20H,(H,22,24)(H,23,25). The van der Waals surface area contributed by atoms with E-state index in [4.69, 9.17) is 4.74 Å². The third-order valence-corrected chi connectivity index (χ3v) is 4.68. The molecule has 0 saturated heterocycles. The summed E-state index contributed by atoms with van der Waals surface area (Å²) in [5.41, 5.74) is 3.19. The fourth-order valence-electron chi connectivity index (χ4n) is 3.43. The van der Waals surface area contributed by atoms with Gasteiger partial charge in [-0.15, -0.1) is 0 Å². The number of hydrogen-bond acceptors (Lipinski definition) is 3. The number of carbonyl (C=O) groups is 1. The van der Waals surface area contributed by atoms with Crippen molar-refractivity contribution in [1.29, 1.82) is 0 Å². The highest BCUT2D eigenvalue weighted by Gasteiger charge is 2.28. The number of hydrogen-bond donors (Lipinski definition) is 2. The predicted molar refractivity (Wildman–Crippen MR) is 98.4 cm³/mol. The van der Waals surface area contributed by atoms with Crippen molar-refractivity contribution in [3.63, 3.8) is 0 Å². The summed E-state index contributed by atoms with van der Waals surface area (Å²) < 4.78 is 5.99. The highest BCUT2D eigenvalue weighted by molar-refractivity contribution is 6.05. The number of fused-ring (bicyclic) bond motifs is 3. The van der Waals surface area contributed by atoms with E-state index < -0.39 is 0 Å². The first-order valence-electron chi connectivity index (χ1n) is 8.40. The molecule has 5 nitrogen and oxygen atoms in total. The maximum Gasteiger partial charge on any atom is 0.254 e. The first kappa shape index (κ1) is 14.7. The van der Waals surface area contributed by atoms with E-state index in [0.717, 1.165) is 33.5 Å². The summed E-state index contributed by atoms with van der Waals surface area (Å²) >= 11 is 0. The molecule has 1 aliphatic heterocycles. The lowest BCUT2D eigenvalue weighted by Crippen LogP contribution is -2.31. The Kier molecular flexibility index (Phi) is 3.25. The maximum atomic E-state index is 13.0. The quantitative estimate of drug-likeness (QED) is 0.574. The van der Waals surface area contributed by atoms with Gasteiger partial charge in [0.05, 0.1) is 23.3 Å². The lowest BCUT2D eigenvalue weighted by molar-refractivity contribution is 0.0943. The molecule has 2 heterocycles.